The van der Waals surface area contributed by atoms with Crippen LogP contribution in [-0.4, -0.2) is 32.2 Å². The van der Waals surface area contributed by atoms with E-state index in [0.29, 0.717) is 29.8 Å². The van der Waals surface area contributed by atoms with Crippen LogP contribution in [0.4, 0.5) is 0 Å². The van der Waals surface area contributed by atoms with Crippen molar-refractivity contribution in [2.45, 2.75) is 6.42 Å². The fourth-order valence-electron chi connectivity index (χ4n) is 2.72. The zero-order valence-corrected chi connectivity index (χ0v) is 16.3. The first-order valence-corrected chi connectivity index (χ1v) is 9.91. The van der Waals surface area contributed by atoms with Crippen molar-refractivity contribution in [2.24, 2.45) is 0 Å². The summed E-state index contributed by atoms with van der Waals surface area (Å²) in [5.41, 5.74) is 2.72. The minimum Gasteiger partial charge on any atom is -0.352 e. The summed E-state index contributed by atoms with van der Waals surface area (Å²) < 4.78 is 1.73. The van der Waals surface area contributed by atoms with Gasteiger partial charge in [0.2, 0.25) is 0 Å². The Labute approximate surface area is 172 Å². The van der Waals surface area contributed by atoms with Crippen LogP contribution in [0, 0.1) is 11.8 Å². The molecule has 0 bridgehead atoms. The van der Waals surface area contributed by atoms with Gasteiger partial charge in [-0.05, 0) is 42.3 Å². The highest BCUT2D eigenvalue weighted by molar-refractivity contribution is 7.09. The van der Waals surface area contributed by atoms with Crippen molar-refractivity contribution in [2.75, 3.05) is 6.54 Å². The maximum absolute atomic E-state index is 12.6. The maximum Gasteiger partial charge on any atom is 0.251 e. The van der Waals surface area contributed by atoms with E-state index < -0.39 is 0 Å². The standard InChI is InChI=1S/C22H17N5OS/c28-22(25-12-9-21-24-13-15-29-21)18-6-8-20(27-14-3-11-26-27)17(16-18)5-7-19-4-1-2-10-23-19/h1-4,6,8,10-11,13-16H,9,12H2,(H,25,28). The lowest BCUT2D eigenvalue weighted by atomic mass is 10.1. The van der Waals surface area contributed by atoms with Crippen molar-refractivity contribution in [3.63, 3.8) is 0 Å². The van der Waals surface area contributed by atoms with E-state index in [1.807, 2.05) is 41.9 Å². The number of carbonyl (C=O) groups excluding carboxylic acids is 1. The van der Waals surface area contributed by atoms with Gasteiger partial charge in [0.15, 0.2) is 0 Å². The van der Waals surface area contributed by atoms with E-state index in [4.69, 9.17) is 0 Å². The normalized spacial score (nSPS) is 10.2. The van der Waals surface area contributed by atoms with E-state index in [9.17, 15) is 4.79 Å². The molecule has 0 aliphatic rings. The Bertz CT molecular complexity index is 1140. The minimum absolute atomic E-state index is 0.144. The monoisotopic (exact) mass is 399 g/mol. The number of hydrogen-bond acceptors (Lipinski definition) is 5. The van der Waals surface area contributed by atoms with E-state index in [0.717, 1.165) is 10.7 Å². The summed E-state index contributed by atoms with van der Waals surface area (Å²) in [6.45, 7) is 0.530. The fourth-order valence-corrected chi connectivity index (χ4v) is 3.34. The summed E-state index contributed by atoms with van der Waals surface area (Å²) >= 11 is 1.58. The third-order valence-electron chi connectivity index (χ3n) is 4.11. The lowest BCUT2D eigenvalue weighted by Crippen LogP contribution is -2.25. The number of thiazole rings is 1. The molecular weight excluding hydrogens is 382 g/mol. The van der Waals surface area contributed by atoms with Crippen molar-refractivity contribution in [1.82, 2.24) is 25.1 Å². The minimum atomic E-state index is -0.144. The molecule has 142 valence electrons. The van der Waals surface area contributed by atoms with Gasteiger partial charge in [0.05, 0.1) is 16.3 Å². The van der Waals surface area contributed by atoms with Crippen LogP contribution in [0.15, 0.2) is 72.6 Å². The summed E-state index contributed by atoms with van der Waals surface area (Å²) in [6.07, 6.45) is 7.72. The SMILES string of the molecule is O=C(NCCc1nccs1)c1ccc(-n2cccn2)c(C#Cc2ccccn2)c1. The number of carbonyl (C=O) groups is 1. The van der Waals surface area contributed by atoms with E-state index in [2.05, 4.69) is 32.2 Å². The lowest BCUT2D eigenvalue weighted by Gasteiger charge is -2.09. The summed E-state index contributed by atoms with van der Waals surface area (Å²) in [6, 6.07) is 12.8. The second-order valence-electron chi connectivity index (χ2n) is 6.08. The molecule has 4 rings (SSSR count). The molecule has 1 amide bonds. The first-order chi connectivity index (χ1) is 14.3. The van der Waals surface area contributed by atoms with Crippen LogP contribution in [0.25, 0.3) is 5.69 Å². The zero-order valence-electron chi connectivity index (χ0n) is 15.4. The third kappa shape index (κ3) is 4.75. The Hall–Kier alpha value is -3.76. The van der Waals surface area contributed by atoms with Crippen molar-refractivity contribution in [1.29, 1.82) is 0 Å². The number of pyridine rings is 1. The Balaban J connectivity index is 1.57. The highest BCUT2D eigenvalue weighted by Gasteiger charge is 2.10. The molecular formula is C22H17N5OS. The average molecular weight is 399 g/mol. The van der Waals surface area contributed by atoms with E-state index in [1.165, 1.54) is 0 Å². The topological polar surface area (TPSA) is 72.7 Å². The van der Waals surface area contributed by atoms with Crippen molar-refractivity contribution in [3.8, 4) is 17.5 Å². The van der Waals surface area contributed by atoms with Gasteiger partial charge in [0.1, 0.15) is 5.69 Å². The summed E-state index contributed by atoms with van der Waals surface area (Å²) in [7, 11) is 0. The molecule has 6 nitrogen and oxygen atoms in total. The molecule has 4 aromatic rings. The second kappa shape index (κ2) is 8.95. The maximum atomic E-state index is 12.6. The Morgan fingerprint density at radius 3 is 2.79 bits per heavy atom. The van der Waals surface area contributed by atoms with E-state index in [1.54, 1.807) is 46.7 Å². The number of nitrogens with zero attached hydrogens (tertiary/aromatic N) is 4. The molecule has 29 heavy (non-hydrogen) atoms. The highest BCUT2D eigenvalue weighted by Crippen LogP contribution is 2.16. The Morgan fingerprint density at radius 2 is 2.03 bits per heavy atom. The van der Waals surface area contributed by atoms with Crippen LogP contribution in [0.2, 0.25) is 0 Å². The summed E-state index contributed by atoms with van der Waals surface area (Å²) in [5.74, 6) is 6.04. The van der Waals surface area contributed by atoms with Crippen molar-refractivity contribution in [3.05, 3.63) is 94.5 Å². The van der Waals surface area contributed by atoms with Gasteiger partial charge in [-0.15, -0.1) is 11.3 Å². The van der Waals surface area contributed by atoms with E-state index >= 15 is 0 Å². The number of aromatic nitrogens is 4. The van der Waals surface area contributed by atoms with Crippen LogP contribution in [0.5, 0.6) is 0 Å². The summed E-state index contributed by atoms with van der Waals surface area (Å²) in [4.78, 5) is 21.0. The molecule has 0 unspecified atom stereocenters. The molecule has 3 aromatic heterocycles. The first-order valence-electron chi connectivity index (χ1n) is 9.03. The molecule has 0 radical (unpaired) electrons. The number of nitrogens with one attached hydrogen (secondary N) is 1. The van der Waals surface area contributed by atoms with Gasteiger partial charge in [-0.25, -0.2) is 14.6 Å². The number of hydrogen-bond donors (Lipinski definition) is 1. The van der Waals surface area contributed by atoms with Crippen molar-refractivity contribution < 1.29 is 4.79 Å². The molecule has 1 aromatic carbocycles. The van der Waals surface area contributed by atoms with Gasteiger partial charge < -0.3 is 5.32 Å². The van der Waals surface area contributed by atoms with Crippen LogP contribution >= 0.6 is 11.3 Å². The molecule has 0 fully saturated rings. The molecule has 0 saturated carbocycles. The summed E-state index contributed by atoms with van der Waals surface area (Å²) in [5, 5.41) is 10.1. The number of rotatable bonds is 5. The zero-order chi connectivity index (χ0) is 19.9. The molecule has 1 N–H and O–H groups in total. The third-order valence-corrected chi connectivity index (χ3v) is 4.95. The van der Waals surface area contributed by atoms with Crippen LogP contribution in [0.1, 0.15) is 26.6 Å². The Morgan fingerprint density at radius 1 is 1.07 bits per heavy atom. The van der Waals surface area contributed by atoms with Gasteiger partial charge in [-0.3, -0.25) is 4.79 Å². The van der Waals surface area contributed by atoms with Crippen LogP contribution < -0.4 is 5.32 Å². The highest BCUT2D eigenvalue weighted by atomic mass is 32.1. The molecule has 0 aliphatic carbocycles. The fraction of sp³-hybridized carbons (Fsp3) is 0.0909. The van der Waals surface area contributed by atoms with Crippen LogP contribution in [0.3, 0.4) is 0 Å². The van der Waals surface area contributed by atoms with Gasteiger partial charge >= 0.3 is 0 Å². The van der Waals surface area contributed by atoms with Crippen molar-refractivity contribution >= 4 is 17.2 Å². The molecule has 0 saturated heterocycles. The molecule has 7 heteroatoms. The van der Waals surface area contributed by atoms with Crippen LogP contribution in [-0.2, 0) is 6.42 Å². The molecule has 0 atom stereocenters. The average Bonchev–Trinajstić information content (AvgIpc) is 3.47. The van der Waals surface area contributed by atoms with Gasteiger partial charge in [-0.1, -0.05) is 12.0 Å². The first kappa shape index (κ1) is 18.6. The quantitative estimate of drug-likeness (QED) is 0.524. The van der Waals surface area contributed by atoms with E-state index in [-0.39, 0.29) is 5.91 Å². The smallest absolute Gasteiger partial charge is 0.251 e. The number of benzene rings is 1. The second-order valence-corrected chi connectivity index (χ2v) is 7.06. The predicted molar refractivity (Wildman–Crippen MR) is 112 cm³/mol. The molecule has 0 spiro atoms. The van der Waals surface area contributed by atoms with Gasteiger partial charge in [0, 0.05) is 48.7 Å². The predicted octanol–water partition coefficient (Wildman–Crippen LogP) is 3.10. The molecule has 3 heterocycles. The lowest BCUT2D eigenvalue weighted by molar-refractivity contribution is 0.0954. The Kier molecular flexibility index (Phi) is 5.74. The van der Waals surface area contributed by atoms with Gasteiger partial charge in [-0.2, -0.15) is 5.10 Å². The van der Waals surface area contributed by atoms with Gasteiger partial charge in [0.25, 0.3) is 5.91 Å². The largest absolute Gasteiger partial charge is 0.352 e. The number of amides is 1. The molecule has 0 aliphatic heterocycles.